The highest BCUT2D eigenvalue weighted by Gasteiger charge is 2.41. The fourth-order valence-corrected chi connectivity index (χ4v) is 5.63. The number of carbonyl (C=O) groups excluding carboxylic acids is 4. The average Bonchev–Trinajstić information content (AvgIpc) is 3.49. The number of hydrogen-bond acceptors (Lipinski definition) is 6. The SMILES string of the molecule is COC(=O)c1cccc(C)c1NC(=O)C[N+]1(Cc2ccccc2)CCCC(C(=O)N2CCCC2)C1.O=C([O-])C(F)(F)F. The van der Waals surface area contributed by atoms with Gasteiger partial charge in [0.15, 0.2) is 6.54 Å². The Labute approximate surface area is 242 Å². The zero-order valence-corrected chi connectivity index (χ0v) is 23.7. The van der Waals surface area contributed by atoms with Crippen molar-refractivity contribution in [1.29, 1.82) is 0 Å². The fraction of sp³-hybridized carbons (Fsp3) is 0.467. The zero-order valence-electron chi connectivity index (χ0n) is 23.7. The van der Waals surface area contributed by atoms with Gasteiger partial charge in [0, 0.05) is 18.7 Å². The van der Waals surface area contributed by atoms with Crippen molar-refractivity contribution in [2.75, 3.05) is 45.2 Å². The number of nitrogens with one attached hydrogen (secondary N) is 1. The van der Waals surface area contributed by atoms with E-state index in [-0.39, 0.29) is 24.3 Å². The van der Waals surface area contributed by atoms with E-state index in [1.165, 1.54) is 7.11 Å². The second-order valence-corrected chi connectivity index (χ2v) is 10.7. The summed E-state index contributed by atoms with van der Waals surface area (Å²) in [5, 5.41) is 11.8. The Kier molecular flexibility index (Phi) is 11.1. The number of aryl methyl sites for hydroxylation is 1. The summed E-state index contributed by atoms with van der Waals surface area (Å²) >= 11 is 0. The van der Waals surface area contributed by atoms with Gasteiger partial charge in [-0.15, -0.1) is 0 Å². The van der Waals surface area contributed by atoms with Crippen LogP contribution in [-0.2, 0) is 25.7 Å². The number of alkyl halides is 3. The number of halogens is 3. The highest BCUT2D eigenvalue weighted by atomic mass is 19.4. The van der Waals surface area contributed by atoms with E-state index >= 15 is 0 Å². The molecule has 42 heavy (non-hydrogen) atoms. The summed E-state index contributed by atoms with van der Waals surface area (Å²) in [4.78, 5) is 49.8. The van der Waals surface area contributed by atoms with Crippen molar-refractivity contribution in [3.05, 3.63) is 65.2 Å². The molecule has 2 saturated heterocycles. The Balaban J connectivity index is 0.000000616. The van der Waals surface area contributed by atoms with E-state index in [0.29, 0.717) is 28.8 Å². The van der Waals surface area contributed by atoms with E-state index in [1.807, 2.05) is 36.1 Å². The minimum absolute atomic E-state index is 0.0672. The van der Waals surface area contributed by atoms with Gasteiger partial charge in [0.05, 0.1) is 37.4 Å². The van der Waals surface area contributed by atoms with E-state index in [2.05, 4.69) is 17.4 Å². The van der Waals surface area contributed by atoms with Gasteiger partial charge in [-0.25, -0.2) is 4.79 Å². The second kappa shape index (κ2) is 14.3. The van der Waals surface area contributed by atoms with E-state index in [0.717, 1.165) is 56.4 Å². The quantitative estimate of drug-likeness (QED) is 0.391. The van der Waals surface area contributed by atoms with E-state index in [9.17, 15) is 27.6 Å². The normalized spacial score (nSPS) is 20.2. The number of benzene rings is 2. The van der Waals surface area contributed by atoms with E-state index in [4.69, 9.17) is 14.6 Å². The van der Waals surface area contributed by atoms with Crippen LogP contribution in [-0.4, -0.2) is 79.1 Å². The topological polar surface area (TPSA) is 116 Å². The second-order valence-electron chi connectivity index (χ2n) is 10.7. The predicted octanol–water partition coefficient (Wildman–Crippen LogP) is 3.07. The molecule has 0 spiro atoms. The van der Waals surface area contributed by atoms with Crippen molar-refractivity contribution in [2.24, 2.45) is 5.92 Å². The maximum atomic E-state index is 13.5. The highest BCUT2D eigenvalue weighted by Crippen LogP contribution is 2.30. The molecule has 12 heteroatoms. The number of quaternary nitrogens is 1. The summed E-state index contributed by atoms with van der Waals surface area (Å²) in [6.45, 7) is 5.97. The third-order valence-electron chi connectivity index (χ3n) is 7.57. The summed E-state index contributed by atoms with van der Waals surface area (Å²) in [5.41, 5.74) is 2.79. The van der Waals surface area contributed by atoms with Crippen molar-refractivity contribution in [1.82, 2.24) is 4.90 Å². The van der Waals surface area contributed by atoms with Gasteiger partial charge in [0.2, 0.25) is 5.91 Å². The minimum atomic E-state index is -5.19. The maximum absolute atomic E-state index is 13.5. The maximum Gasteiger partial charge on any atom is 0.430 e. The van der Waals surface area contributed by atoms with Crippen LogP contribution in [0.4, 0.5) is 18.9 Å². The van der Waals surface area contributed by atoms with Crippen LogP contribution in [0.15, 0.2) is 48.5 Å². The lowest BCUT2D eigenvalue weighted by atomic mass is 9.93. The van der Waals surface area contributed by atoms with Crippen molar-refractivity contribution in [2.45, 2.75) is 45.3 Å². The monoisotopic (exact) mass is 591 g/mol. The molecule has 2 aromatic carbocycles. The molecule has 2 amide bonds. The first-order valence-electron chi connectivity index (χ1n) is 13.8. The van der Waals surface area contributed by atoms with Gasteiger partial charge in [-0.2, -0.15) is 13.2 Å². The van der Waals surface area contributed by atoms with Gasteiger partial charge in [-0.3, -0.25) is 9.59 Å². The van der Waals surface area contributed by atoms with Crippen molar-refractivity contribution in [3.63, 3.8) is 0 Å². The molecule has 228 valence electrons. The standard InChI is InChI=1S/C28H35N3O4.C2HF3O2/c1-21-10-8-14-24(28(34)35-2)26(21)29-25(32)20-31(18-22-11-4-3-5-12-22)17-9-13-23(19-31)27(33)30-15-6-7-16-30;3-2(4,5)1(6)7/h3-5,8,10-12,14,23H,6-7,9,13,15-20H2,1-2H3;(H,6,7). The van der Waals surface area contributed by atoms with Crippen LogP contribution < -0.4 is 10.4 Å². The Morgan fingerprint density at radius 3 is 2.26 bits per heavy atom. The van der Waals surface area contributed by atoms with E-state index < -0.39 is 18.1 Å². The minimum Gasteiger partial charge on any atom is -0.542 e. The summed E-state index contributed by atoms with van der Waals surface area (Å²) in [6, 6.07) is 15.5. The molecule has 2 heterocycles. The number of likely N-dealkylation sites (tertiary alicyclic amines) is 2. The lowest BCUT2D eigenvalue weighted by molar-refractivity contribution is -0.940. The number of anilines is 1. The molecule has 2 aromatic rings. The smallest absolute Gasteiger partial charge is 0.430 e. The predicted molar refractivity (Wildman–Crippen MR) is 146 cm³/mol. The van der Waals surface area contributed by atoms with Crippen LogP contribution in [0.2, 0.25) is 0 Å². The molecular formula is C30H36F3N3O6. The van der Waals surface area contributed by atoms with Gasteiger partial charge in [0.25, 0.3) is 5.91 Å². The van der Waals surface area contributed by atoms with Crippen LogP contribution in [0.5, 0.6) is 0 Å². The first-order chi connectivity index (χ1) is 19.8. The number of amides is 2. The molecule has 0 aliphatic carbocycles. The molecule has 9 nitrogen and oxygen atoms in total. The summed E-state index contributed by atoms with van der Waals surface area (Å²) < 4.78 is 37.0. The number of aliphatic carboxylic acids is 1. The number of carboxylic acid groups (broad SMARTS) is 1. The van der Waals surface area contributed by atoms with Gasteiger partial charge in [-0.05, 0) is 44.2 Å². The highest BCUT2D eigenvalue weighted by molar-refractivity contribution is 6.02. The van der Waals surface area contributed by atoms with Crippen LogP contribution >= 0.6 is 0 Å². The molecule has 0 saturated carbocycles. The fourth-order valence-electron chi connectivity index (χ4n) is 5.63. The number of carbonyl (C=O) groups is 4. The molecular weight excluding hydrogens is 555 g/mol. The van der Waals surface area contributed by atoms with Gasteiger partial charge >= 0.3 is 12.1 Å². The Hall–Kier alpha value is -3.93. The third-order valence-corrected chi connectivity index (χ3v) is 7.57. The molecule has 0 radical (unpaired) electrons. The summed E-state index contributed by atoms with van der Waals surface area (Å²) in [6.07, 6.45) is -1.27. The number of nitrogens with zero attached hydrogens (tertiary/aromatic N) is 2. The Morgan fingerprint density at radius 1 is 1.02 bits per heavy atom. The lowest BCUT2D eigenvalue weighted by Crippen LogP contribution is -2.58. The number of carboxylic acids is 1. The largest absolute Gasteiger partial charge is 0.542 e. The Morgan fingerprint density at radius 2 is 1.67 bits per heavy atom. The molecule has 2 atom stereocenters. The van der Waals surface area contributed by atoms with Crippen LogP contribution in [0.3, 0.4) is 0 Å². The van der Waals surface area contributed by atoms with Crippen LogP contribution in [0.1, 0.15) is 47.2 Å². The average molecular weight is 592 g/mol. The number of ether oxygens (including phenoxy) is 1. The van der Waals surface area contributed by atoms with Crippen molar-refractivity contribution < 1.29 is 46.7 Å². The molecule has 0 aromatic heterocycles. The molecule has 0 bridgehead atoms. The number of rotatable bonds is 7. The molecule has 2 aliphatic rings. The first kappa shape index (κ1) is 32.6. The summed E-state index contributed by atoms with van der Waals surface area (Å²) in [7, 11) is 1.33. The number of methoxy groups -OCH3 is 1. The molecule has 1 N–H and O–H groups in total. The lowest BCUT2D eigenvalue weighted by Gasteiger charge is -2.44. The summed E-state index contributed by atoms with van der Waals surface area (Å²) in [5.74, 6) is -3.47. The number of hydrogen-bond donors (Lipinski definition) is 1. The van der Waals surface area contributed by atoms with Crippen LogP contribution in [0.25, 0.3) is 0 Å². The molecule has 2 unspecified atom stereocenters. The number of esters is 1. The van der Waals surface area contributed by atoms with E-state index in [1.54, 1.807) is 12.1 Å². The zero-order chi connectivity index (χ0) is 30.9. The Bertz CT molecular complexity index is 1260. The van der Waals surface area contributed by atoms with Crippen molar-refractivity contribution >= 4 is 29.4 Å². The van der Waals surface area contributed by atoms with Gasteiger partial charge in [-0.1, -0.05) is 42.5 Å². The van der Waals surface area contributed by atoms with Gasteiger partial charge in [0.1, 0.15) is 12.5 Å². The third kappa shape index (κ3) is 8.78. The van der Waals surface area contributed by atoms with Crippen molar-refractivity contribution in [3.8, 4) is 0 Å². The first-order valence-corrected chi connectivity index (χ1v) is 13.8. The molecule has 4 rings (SSSR count). The molecule has 2 fully saturated rings. The number of piperidine rings is 1. The van der Waals surface area contributed by atoms with Crippen LogP contribution in [0, 0.1) is 12.8 Å². The van der Waals surface area contributed by atoms with Gasteiger partial charge < -0.3 is 29.3 Å². The number of para-hydroxylation sites is 1. The molecule has 2 aliphatic heterocycles.